The number of carbonyl (C=O) groups is 1. The SMILES string of the molecule is COc1cccc2cc(C(=O)NC[C@@H]3CCCN3c3ccccc3)oc12. The molecule has 0 spiro atoms. The number of anilines is 1. The van der Waals surface area contributed by atoms with Crippen LogP contribution in [0.5, 0.6) is 5.75 Å². The van der Waals surface area contributed by atoms with Crippen LogP contribution in [0.3, 0.4) is 0 Å². The molecule has 1 atom stereocenters. The maximum absolute atomic E-state index is 12.5. The number of nitrogens with one attached hydrogen (secondary N) is 1. The number of furan rings is 1. The fourth-order valence-corrected chi connectivity index (χ4v) is 3.61. The molecule has 0 aliphatic carbocycles. The molecule has 1 aromatic heterocycles. The lowest BCUT2D eigenvalue weighted by Crippen LogP contribution is -2.40. The van der Waals surface area contributed by atoms with Crippen LogP contribution < -0.4 is 15.0 Å². The lowest BCUT2D eigenvalue weighted by Gasteiger charge is -2.26. The predicted molar refractivity (Wildman–Crippen MR) is 102 cm³/mol. The highest BCUT2D eigenvalue weighted by Gasteiger charge is 2.25. The monoisotopic (exact) mass is 350 g/mol. The molecule has 2 heterocycles. The van der Waals surface area contributed by atoms with Crippen molar-refractivity contribution in [1.82, 2.24) is 5.32 Å². The van der Waals surface area contributed by atoms with Gasteiger partial charge in [0.1, 0.15) is 0 Å². The third kappa shape index (κ3) is 3.12. The van der Waals surface area contributed by atoms with Crippen LogP contribution in [0.2, 0.25) is 0 Å². The van der Waals surface area contributed by atoms with Gasteiger partial charge in [0.15, 0.2) is 17.1 Å². The number of amides is 1. The second-order valence-corrected chi connectivity index (χ2v) is 6.52. The van der Waals surface area contributed by atoms with E-state index in [0.29, 0.717) is 29.7 Å². The molecule has 0 saturated carbocycles. The summed E-state index contributed by atoms with van der Waals surface area (Å²) in [6, 6.07) is 18.0. The number of rotatable bonds is 5. The molecule has 4 rings (SSSR count). The summed E-state index contributed by atoms with van der Waals surface area (Å²) in [7, 11) is 1.59. The van der Waals surface area contributed by atoms with E-state index >= 15 is 0 Å². The molecule has 1 N–H and O–H groups in total. The van der Waals surface area contributed by atoms with E-state index in [1.165, 1.54) is 5.69 Å². The average Bonchev–Trinajstić information content (AvgIpc) is 3.33. The largest absolute Gasteiger partial charge is 0.493 e. The maximum atomic E-state index is 12.5. The van der Waals surface area contributed by atoms with Gasteiger partial charge in [-0.1, -0.05) is 30.3 Å². The Hall–Kier alpha value is -2.95. The molecule has 0 unspecified atom stereocenters. The van der Waals surface area contributed by atoms with E-state index in [0.717, 1.165) is 24.8 Å². The molecule has 2 aromatic carbocycles. The zero-order chi connectivity index (χ0) is 17.9. The van der Waals surface area contributed by atoms with Gasteiger partial charge < -0.3 is 19.4 Å². The number of hydrogen-bond acceptors (Lipinski definition) is 4. The zero-order valence-electron chi connectivity index (χ0n) is 14.8. The Bertz CT molecular complexity index is 904. The van der Waals surface area contributed by atoms with Gasteiger partial charge in [0.25, 0.3) is 5.91 Å². The van der Waals surface area contributed by atoms with Crippen LogP contribution in [-0.4, -0.2) is 32.1 Å². The van der Waals surface area contributed by atoms with Crippen LogP contribution in [0, 0.1) is 0 Å². The summed E-state index contributed by atoms with van der Waals surface area (Å²) >= 11 is 0. The average molecular weight is 350 g/mol. The summed E-state index contributed by atoms with van der Waals surface area (Å²) < 4.78 is 11.0. The van der Waals surface area contributed by atoms with Gasteiger partial charge in [0, 0.05) is 30.2 Å². The number of fused-ring (bicyclic) bond motifs is 1. The van der Waals surface area contributed by atoms with Crippen LogP contribution in [0.4, 0.5) is 5.69 Å². The van der Waals surface area contributed by atoms with Crippen LogP contribution in [0.25, 0.3) is 11.0 Å². The van der Waals surface area contributed by atoms with E-state index in [1.54, 1.807) is 13.2 Å². The molecule has 5 heteroatoms. The summed E-state index contributed by atoms with van der Waals surface area (Å²) in [5.74, 6) is 0.754. The maximum Gasteiger partial charge on any atom is 0.287 e. The van der Waals surface area contributed by atoms with Crippen molar-refractivity contribution < 1.29 is 13.9 Å². The van der Waals surface area contributed by atoms with E-state index in [2.05, 4.69) is 22.3 Å². The van der Waals surface area contributed by atoms with Crippen molar-refractivity contribution in [3.8, 4) is 5.75 Å². The van der Waals surface area contributed by atoms with Crippen LogP contribution in [-0.2, 0) is 0 Å². The third-order valence-corrected chi connectivity index (χ3v) is 4.91. The molecule has 1 amide bonds. The van der Waals surface area contributed by atoms with Crippen LogP contribution in [0.1, 0.15) is 23.4 Å². The highest BCUT2D eigenvalue weighted by atomic mass is 16.5. The number of hydrogen-bond donors (Lipinski definition) is 1. The van der Waals surface area contributed by atoms with Gasteiger partial charge in [-0.2, -0.15) is 0 Å². The zero-order valence-corrected chi connectivity index (χ0v) is 14.8. The van der Waals surface area contributed by atoms with Gasteiger partial charge in [0.05, 0.1) is 7.11 Å². The number of ether oxygens (including phenoxy) is 1. The van der Waals surface area contributed by atoms with Gasteiger partial charge in [-0.25, -0.2) is 0 Å². The summed E-state index contributed by atoms with van der Waals surface area (Å²) in [5.41, 5.74) is 1.81. The van der Waals surface area contributed by atoms with Gasteiger partial charge in [-0.3, -0.25) is 4.79 Å². The fourth-order valence-electron chi connectivity index (χ4n) is 3.61. The van der Waals surface area contributed by atoms with Crippen LogP contribution >= 0.6 is 0 Å². The summed E-state index contributed by atoms with van der Waals surface area (Å²) in [4.78, 5) is 14.9. The van der Waals surface area contributed by atoms with E-state index in [9.17, 15) is 4.79 Å². The first-order valence-corrected chi connectivity index (χ1v) is 8.92. The minimum Gasteiger partial charge on any atom is -0.493 e. The number of benzene rings is 2. The molecule has 3 aromatic rings. The molecule has 0 radical (unpaired) electrons. The lowest BCUT2D eigenvalue weighted by molar-refractivity contribution is 0.0925. The predicted octanol–water partition coefficient (Wildman–Crippen LogP) is 3.84. The Morgan fingerprint density at radius 2 is 2.08 bits per heavy atom. The summed E-state index contributed by atoms with van der Waals surface area (Å²) in [5, 5.41) is 3.89. The molecular formula is C21H22N2O3. The number of methoxy groups -OCH3 is 1. The Morgan fingerprint density at radius 3 is 2.88 bits per heavy atom. The topological polar surface area (TPSA) is 54.7 Å². The van der Waals surface area contributed by atoms with E-state index < -0.39 is 0 Å². The third-order valence-electron chi connectivity index (χ3n) is 4.91. The van der Waals surface area contributed by atoms with E-state index in [-0.39, 0.29) is 5.91 Å². The smallest absolute Gasteiger partial charge is 0.287 e. The lowest BCUT2D eigenvalue weighted by atomic mass is 10.2. The Kier molecular flexibility index (Phi) is 4.52. The molecule has 0 bridgehead atoms. The van der Waals surface area contributed by atoms with Crippen molar-refractivity contribution in [3.05, 3.63) is 60.4 Å². The van der Waals surface area contributed by atoms with Crippen molar-refractivity contribution in [1.29, 1.82) is 0 Å². The molecule has 1 aliphatic rings. The standard InChI is InChI=1S/C21H22N2O3/c1-25-18-11-5-7-15-13-19(26-20(15)18)21(24)22-14-17-10-6-12-23(17)16-8-3-2-4-9-16/h2-5,7-9,11,13,17H,6,10,12,14H2,1H3,(H,22,24)/t17-/m0/s1. The Balaban J connectivity index is 1.45. The number of para-hydroxylation sites is 2. The van der Waals surface area contributed by atoms with Crippen LogP contribution in [0.15, 0.2) is 59.0 Å². The Labute approximate surface area is 152 Å². The van der Waals surface area contributed by atoms with Gasteiger partial charge >= 0.3 is 0 Å². The minimum atomic E-state index is -0.192. The van der Waals surface area contributed by atoms with Crippen molar-refractivity contribution in [3.63, 3.8) is 0 Å². The summed E-state index contributed by atoms with van der Waals surface area (Å²) in [6.45, 7) is 1.62. The number of carbonyl (C=O) groups excluding carboxylic acids is 1. The fraction of sp³-hybridized carbons (Fsp3) is 0.286. The first-order chi connectivity index (χ1) is 12.8. The first-order valence-electron chi connectivity index (χ1n) is 8.92. The molecule has 1 aliphatic heterocycles. The first kappa shape index (κ1) is 16.5. The van der Waals surface area contributed by atoms with Crippen molar-refractivity contribution in [2.45, 2.75) is 18.9 Å². The molecule has 1 saturated heterocycles. The van der Waals surface area contributed by atoms with Crippen molar-refractivity contribution in [2.24, 2.45) is 0 Å². The Morgan fingerprint density at radius 1 is 1.23 bits per heavy atom. The van der Waals surface area contributed by atoms with Gasteiger partial charge in [-0.05, 0) is 37.1 Å². The molecule has 134 valence electrons. The minimum absolute atomic E-state index is 0.192. The second-order valence-electron chi connectivity index (χ2n) is 6.52. The molecule has 26 heavy (non-hydrogen) atoms. The normalized spacial score (nSPS) is 16.8. The van der Waals surface area contributed by atoms with Gasteiger partial charge in [0.2, 0.25) is 0 Å². The highest BCUT2D eigenvalue weighted by Crippen LogP contribution is 2.29. The summed E-state index contributed by atoms with van der Waals surface area (Å²) in [6.07, 6.45) is 2.21. The highest BCUT2D eigenvalue weighted by molar-refractivity contribution is 5.97. The van der Waals surface area contributed by atoms with E-state index in [4.69, 9.17) is 9.15 Å². The second kappa shape index (κ2) is 7.12. The molecule has 1 fully saturated rings. The van der Waals surface area contributed by atoms with E-state index in [1.807, 2.05) is 36.4 Å². The quantitative estimate of drug-likeness (QED) is 0.760. The molecular weight excluding hydrogens is 328 g/mol. The molecule has 5 nitrogen and oxygen atoms in total. The van der Waals surface area contributed by atoms with Gasteiger partial charge in [-0.15, -0.1) is 0 Å². The van der Waals surface area contributed by atoms with Crippen molar-refractivity contribution >= 4 is 22.6 Å². The van der Waals surface area contributed by atoms with Crippen molar-refractivity contribution in [2.75, 3.05) is 25.1 Å². The number of nitrogens with zero attached hydrogens (tertiary/aromatic N) is 1.